The van der Waals surface area contributed by atoms with Gasteiger partial charge in [0.15, 0.2) is 0 Å². The summed E-state index contributed by atoms with van der Waals surface area (Å²) in [7, 11) is -2.33. The first kappa shape index (κ1) is 28.8. The second-order valence-corrected chi connectivity index (χ2v) is 11.9. The summed E-state index contributed by atoms with van der Waals surface area (Å²) in [6.45, 7) is 1.11. The van der Waals surface area contributed by atoms with E-state index in [-0.39, 0.29) is 63.3 Å². The van der Waals surface area contributed by atoms with Crippen LogP contribution in [0.5, 0.6) is 5.75 Å². The topological polar surface area (TPSA) is 159 Å². The fourth-order valence-corrected chi connectivity index (χ4v) is 5.65. The smallest absolute Gasteiger partial charge is 0.255 e. The number of pyridine rings is 2. The Morgan fingerprint density at radius 1 is 1.07 bits per heavy atom. The molecular weight excluding hydrogens is 589 g/mol. The minimum atomic E-state index is -3.79. The number of fused-ring (bicyclic) bond motifs is 2. The number of benzene rings is 2. The van der Waals surface area contributed by atoms with Crippen molar-refractivity contribution in [3.63, 3.8) is 0 Å². The van der Waals surface area contributed by atoms with Gasteiger partial charge in [-0.1, -0.05) is 6.07 Å². The predicted molar refractivity (Wildman–Crippen MR) is 163 cm³/mol. The summed E-state index contributed by atoms with van der Waals surface area (Å²) in [6.07, 6.45) is 1.70. The Balaban J connectivity index is 1.62. The van der Waals surface area contributed by atoms with E-state index in [9.17, 15) is 27.8 Å². The van der Waals surface area contributed by atoms with Gasteiger partial charge in [-0.05, 0) is 61.5 Å². The molecule has 0 fully saturated rings. The van der Waals surface area contributed by atoms with Crippen LogP contribution in [0.1, 0.15) is 22.8 Å². The average Bonchev–Trinajstić information content (AvgIpc) is 3.59. The number of hydrogen-bond donors (Lipinski definition) is 4. The third-order valence-corrected chi connectivity index (χ3v) is 8.50. The van der Waals surface area contributed by atoms with E-state index < -0.39 is 21.7 Å². The summed E-state index contributed by atoms with van der Waals surface area (Å²) in [6, 6.07) is 16.7. The van der Waals surface area contributed by atoms with Crippen LogP contribution >= 0.6 is 0 Å². The summed E-state index contributed by atoms with van der Waals surface area (Å²) in [4.78, 5) is 17.8. The molecule has 0 radical (unpaired) electrons. The Morgan fingerprint density at radius 2 is 1.84 bits per heavy atom. The van der Waals surface area contributed by atoms with E-state index >= 15 is 0 Å². The Morgan fingerprint density at radius 3 is 2.55 bits per heavy atom. The summed E-state index contributed by atoms with van der Waals surface area (Å²) in [5.41, 5.74) is 2.78. The minimum Gasteiger partial charge on any atom is -0.506 e. The zero-order valence-corrected chi connectivity index (χ0v) is 24.3. The lowest BCUT2D eigenvalue weighted by atomic mass is 10.0. The number of hydrogen-bond acceptors (Lipinski definition) is 8. The third-order valence-electron chi connectivity index (χ3n) is 7.21. The summed E-state index contributed by atoms with van der Waals surface area (Å²) in [5.74, 6) is -1.21. The quantitative estimate of drug-likeness (QED) is 0.188. The molecule has 0 aliphatic carbocycles. The molecule has 44 heavy (non-hydrogen) atoms. The SMILES string of the molecule is CCS(=O)(=O)Nc1cc2oc(-c3ccc(F)cc3)c(C(=O)NC)c2cc1-c1ccc(O)c(-c2nn3ccccc3c2CO)n1. The molecule has 0 spiro atoms. The highest BCUT2D eigenvalue weighted by molar-refractivity contribution is 7.92. The predicted octanol–water partition coefficient (Wildman–Crippen LogP) is 4.93. The Bertz CT molecular complexity index is 2170. The molecule has 4 heterocycles. The second-order valence-electron chi connectivity index (χ2n) is 9.87. The zero-order chi connectivity index (χ0) is 31.2. The van der Waals surface area contributed by atoms with Gasteiger partial charge in [-0.2, -0.15) is 5.10 Å². The Labute approximate surface area is 250 Å². The lowest BCUT2D eigenvalue weighted by molar-refractivity contribution is 0.0964. The number of halogens is 1. The molecule has 224 valence electrons. The number of rotatable bonds is 8. The molecule has 0 aliphatic rings. The van der Waals surface area contributed by atoms with Crippen LogP contribution in [0.4, 0.5) is 10.1 Å². The average molecular weight is 616 g/mol. The minimum absolute atomic E-state index is 0.0605. The maximum absolute atomic E-state index is 13.7. The number of nitrogens with one attached hydrogen (secondary N) is 2. The van der Waals surface area contributed by atoms with Gasteiger partial charge in [0.25, 0.3) is 5.91 Å². The molecule has 4 N–H and O–H groups in total. The maximum atomic E-state index is 13.7. The number of amides is 1. The van der Waals surface area contributed by atoms with Crippen LogP contribution in [0.2, 0.25) is 0 Å². The van der Waals surface area contributed by atoms with E-state index in [1.54, 1.807) is 35.0 Å². The van der Waals surface area contributed by atoms with Crippen molar-refractivity contribution in [3.05, 3.63) is 89.9 Å². The van der Waals surface area contributed by atoms with Gasteiger partial charge in [0.2, 0.25) is 10.0 Å². The second kappa shape index (κ2) is 11.1. The van der Waals surface area contributed by atoms with Gasteiger partial charge < -0.3 is 19.9 Å². The van der Waals surface area contributed by atoms with Crippen LogP contribution in [-0.2, 0) is 16.6 Å². The van der Waals surface area contributed by atoms with Gasteiger partial charge in [0, 0.05) is 41.4 Å². The number of aliphatic hydroxyl groups is 1. The molecule has 11 nitrogen and oxygen atoms in total. The van der Waals surface area contributed by atoms with Crippen LogP contribution in [0.25, 0.3) is 50.5 Å². The fourth-order valence-electron chi connectivity index (χ4n) is 5.01. The van der Waals surface area contributed by atoms with Crippen LogP contribution in [0.3, 0.4) is 0 Å². The van der Waals surface area contributed by atoms with Gasteiger partial charge >= 0.3 is 0 Å². The molecule has 0 bridgehead atoms. The molecule has 0 unspecified atom stereocenters. The van der Waals surface area contributed by atoms with Gasteiger partial charge in [-0.3, -0.25) is 9.52 Å². The molecule has 6 aromatic rings. The molecule has 4 aromatic heterocycles. The zero-order valence-electron chi connectivity index (χ0n) is 23.5. The van der Waals surface area contributed by atoms with E-state index in [1.165, 1.54) is 56.4 Å². The number of carbonyl (C=O) groups is 1. The highest BCUT2D eigenvalue weighted by Crippen LogP contribution is 2.41. The lowest BCUT2D eigenvalue weighted by Gasteiger charge is -2.13. The molecule has 0 saturated heterocycles. The van der Waals surface area contributed by atoms with Gasteiger partial charge in [-0.15, -0.1) is 0 Å². The highest BCUT2D eigenvalue weighted by atomic mass is 32.2. The molecule has 2 aromatic carbocycles. The Kier molecular flexibility index (Phi) is 7.27. The molecule has 6 rings (SSSR count). The largest absolute Gasteiger partial charge is 0.506 e. The van der Waals surface area contributed by atoms with Crippen molar-refractivity contribution < 1.29 is 32.2 Å². The van der Waals surface area contributed by atoms with Crippen LogP contribution in [0, 0.1) is 5.82 Å². The molecule has 0 saturated carbocycles. The molecule has 1 amide bonds. The lowest BCUT2D eigenvalue weighted by Crippen LogP contribution is -2.18. The number of sulfonamides is 1. The number of nitrogens with zero attached hydrogens (tertiary/aromatic N) is 3. The number of aromatic hydroxyl groups is 1. The van der Waals surface area contributed by atoms with Crippen molar-refractivity contribution in [2.45, 2.75) is 13.5 Å². The summed E-state index contributed by atoms with van der Waals surface area (Å²) in [5, 5.41) is 28.5. The van der Waals surface area contributed by atoms with Gasteiger partial charge in [-0.25, -0.2) is 22.3 Å². The number of anilines is 1. The van der Waals surface area contributed by atoms with Crippen LogP contribution in [-0.4, -0.2) is 51.9 Å². The molecule has 0 atom stereocenters. The van der Waals surface area contributed by atoms with E-state index in [0.29, 0.717) is 22.0 Å². The van der Waals surface area contributed by atoms with E-state index in [0.717, 1.165) is 0 Å². The third kappa shape index (κ3) is 5.01. The molecule has 13 heteroatoms. The van der Waals surface area contributed by atoms with Crippen molar-refractivity contribution in [2.24, 2.45) is 0 Å². The van der Waals surface area contributed by atoms with E-state index in [2.05, 4.69) is 20.1 Å². The standard InChI is InChI=1S/C31H26FN5O6S/c1-3-44(41,42)36-23-15-26-20(27(31(40)33-2)30(43-26)17-7-9-18(32)10-8-17)14-19(23)22-11-12-25(39)29(34-22)28-21(16-38)24-6-4-5-13-37(24)35-28/h4-15,36,38-39H,3,16H2,1-2H3,(H,33,40). The van der Waals surface area contributed by atoms with Crippen molar-refractivity contribution in [1.82, 2.24) is 19.9 Å². The molecular formula is C31H26FN5O6S. The van der Waals surface area contributed by atoms with E-state index in [4.69, 9.17) is 4.42 Å². The van der Waals surface area contributed by atoms with Gasteiger partial charge in [0.05, 0.1) is 34.8 Å². The van der Waals surface area contributed by atoms with Crippen LogP contribution in [0.15, 0.2) is 77.3 Å². The fraction of sp³-hybridized carbons (Fsp3) is 0.129. The number of aliphatic hydroxyl groups excluding tert-OH is 1. The normalized spacial score (nSPS) is 11.7. The number of furan rings is 1. The van der Waals surface area contributed by atoms with Crippen molar-refractivity contribution in [2.75, 3.05) is 17.5 Å². The highest BCUT2D eigenvalue weighted by Gasteiger charge is 2.26. The van der Waals surface area contributed by atoms with Crippen molar-refractivity contribution in [1.29, 1.82) is 0 Å². The van der Waals surface area contributed by atoms with E-state index in [1.807, 2.05) is 0 Å². The van der Waals surface area contributed by atoms with Crippen molar-refractivity contribution in [3.8, 4) is 39.7 Å². The summed E-state index contributed by atoms with van der Waals surface area (Å²) < 4.78 is 49.4. The maximum Gasteiger partial charge on any atom is 0.255 e. The first-order valence-electron chi connectivity index (χ1n) is 13.5. The first-order chi connectivity index (χ1) is 21.1. The Hall–Kier alpha value is -5.27. The first-order valence-corrected chi connectivity index (χ1v) is 15.2. The number of aromatic nitrogens is 3. The molecule has 0 aliphatic heterocycles. The number of carbonyl (C=O) groups excluding carboxylic acids is 1. The van der Waals surface area contributed by atoms with Gasteiger partial charge in [0.1, 0.15) is 34.3 Å². The summed E-state index contributed by atoms with van der Waals surface area (Å²) >= 11 is 0. The van der Waals surface area contributed by atoms with Crippen LogP contribution < -0.4 is 10.0 Å². The van der Waals surface area contributed by atoms with Crippen molar-refractivity contribution >= 4 is 38.1 Å². The monoisotopic (exact) mass is 615 g/mol.